The second-order valence-corrected chi connectivity index (χ2v) is 4.36. The van der Waals surface area contributed by atoms with E-state index in [1.165, 1.54) is 0 Å². The van der Waals surface area contributed by atoms with E-state index < -0.39 is 22.2 Å². The molecule has 0 aromatic carbocycles. The molecule has 1 fully saturated rings. The van der Waals surface area contributed by atoms with E-state index in [0.29, 0.717) is 6.54 Å². The molecule has 1 amide bonds. The summed E-state index contributed by atoms with van der Waals surface area (Å²) in [7, 11) is -3.20. The number of hydrogen-bond donors (Lipinski definition) is 2. The van der Waals surface area contributed by atoms with Gasteiger partial charge in [-0.15, -0.1) is 0 Å². The molecule has 1 aliphatic rings. The van der Waals surface area contributed by atoms with Gasteiger partial charge in [0.05, 0.1) is 12.8 Å². The number of sulfonamides is 1. The molecule has 72 valence electrons. The Morgan fingerprint density at radius 2 is 2.50 bits per heavy atom. The van der Waals surface area contributed by atoms with Crippen molar-refractivity contribution in [3.05, 3.63) is 0 Å². The predicted octanol–water partition coefficient (Wildman–Crippen LogP) is -1.11. The van der Waals surface area contributed by atoms with Crippen LogP contribution in [0.4, 0.5) is 4.79 Å². The number of hydrogen-bond acceptors (Lipinski definition) is 4. The molecule has 7 heteroatoms. The zero-order chi connectivity index (χ0) is 9.19. The van der Waals surface area contributed by atoms with Crippen LogP contribution in [0.15, 0.2) is 0 Å². The summed E-state index contributed by atoms with van der Waals surface area (Å²) in [4.78, 5) is 10.5. The molecule has 0 aromatic rings. The lowest BCUT2D eigenvalue weighted by Gasteiger charge is -2.06. The zero-order valence-corrected chi connectivity index (χ0v) is 7.35. The van der Waals surface area contributed by atoms with Crippen molar-refractivity contribution < 1.29 is 19.4 Å². The number of rotatable bonds is 3. The van der Waals surface area contributed by atoms with Crippen LogP contribution in [0.1, 0.15) is 1.43 Å². The van der Waals surface area contributed by atoms with Crippen LogP contribution in [0.5, 0.6) is 0 Å². The van der Waals surface area contributed by atoms with Gasteiger partial charge in [-0.25, -0.2) is 17.9 Å². The topological polar surface area (TPSA) is 84.5 Å². The maximum absolute atomic E-state index is 10.6. The first-order valence-corrected chi connectivity index (χ1v) is 5.25. The van der Waals surface area contributed by atoms with Gasteiger partial charge in [0.25, 0.3) is 0 Å². The first-order valence-electron chi connectivity index (χ1n) is 3.36. The molecule has 6 nitrogen and oxygen atoms in total. The maximum atomic E-state index is 10.6. The molecular weight excluding hydrogens is 184 g/mol. The average molecular weight is 196 g/mol. The highest BCUT2D eigenvalue weighted by molar-refractivity contribution is 7.88. The van der Waals surface area contributed by atoms with E-state index in [-0.39, 0.29) is 7.97 Å². The van der Waals surface area contributed by atoms with Crippen molar-refractivity contribution in [1.82, 2.24) is 10.0 Å². The summed E-state index contributed by atoms with van der Waals surface area (Å²) in [5.41, 5.74) is 0. The van der Waals surface area contributed by atoms with E-state index in [2.05, 4.69) is 14.8 Å². The monoisotopic (exact) mass is 196 g/mol. The summed E-state index contributed by atoms with van der Waals surface area (Å²) in [6.45, 7) is 0.471. The fourth-order valence-corrected chi connectivity index (χ4v) is 1.28. The number of ether oxygens (including phenoxy) is 1. The summed E-state index contributed by atoms with van der Waals surface area (Å²) in [6.07, 6.45) is 0.152. The highest BCUT2D eigenvalue weighted by atomic mass is 32.2. The predicted molar refractivity (Wildman–Crippen MR) is 43.2 cm³/mol. The minimum atomic E-state index is -3.20. The molecular formula is C5H12N2O4S. The van der Waals surface area contributed by atoms with Crippen LogP contribution in [-0.2, 0) is 14.8 Å². The molecule has 0 spiro atoms. The first-order chi connectivity index (χ1) is 5.47. The van der Waals surface area contributed by atoms with Gasteiger partial charge in [-0.05, 0) is 0 Å². The average Bonchev–Trinajstić information content (AvgIpc) is 2.30. The lowest BCUT2D eigenvalue weighted by Crippen LogP contribution is -2.33. The molecule has 1 saturated heterocycles. The van der Waals surface area contributed by atoms with Crippen molar-refractivity contribution in [2.75, 3.05) is 19.3 Å². The van der Waals surface area contributed by atoms with Crippen LogP contribution < -0.4 is 10.0 Å². The molecule has 0 bridgehead atoms. The molecule has 1 aliphatic heterocycles. The van der Waals surface area contributed by atoms with Crippen molar-refractivity contribution in [2.24, 2.45) is 0 Å². The summed E-state index contributed by atoms with van der Waals surface area (Å²) in [5, 5.41) is 2.41. The fraction of sp³-hybridized carbons (Fsp3) is 0.800. The number of alkyl carbamates (subject to hydrolysis) is 1. The molecule has 2 N–H and O–H groups in total. The van der Waals surface area contributed by atoms with E-state index in [4.69, 9.17) is 0 Å². The third-order valence-corrected chi connectivity index (χ3v) is 2.01. The SMILES string of the molecule is CS(=O)(=O)NC[C@H]1CNC(=O)O1.[HH]. The molecule has 0 unspecified atom stereocenters. The fourth-order valence-electron chi connectivity index (χ4n) is 0.790. The minimum absolute atomic E-state index is 0. The first kappa shape index (κ1) is 9.27. The Balaban J connectivity index is 0.00000144. The van der Waals surface area contributed by atoms with Gasteiger partial charge in [-0.1, -0.05) is 0 Å². The van der Waals surface area contributed by atoms with Gasteiger partial charge in [-0.3, -0.25) is 0 Å². The molecule has 1 rings (SSSR count). The Morgan fingerprint density at radius 3 is 2.92 bits per heavy atom. The number of nitrogens with one attached hydrogen (secondary N) is 2. The molecule has 0 saturated carbocycles. The molecule has 1 heterocycles. The van der Waals surface area contributed by atoms with Crippen molar-refractivity contribution >= 4 is 16.1 Å². The highest BCUT2D eigenvalue weighted by Gasteiger charge is 2.22. The maximum Gasteiger partial charge on any atom is 0.407 e. The van der Waals surface area contributed by atoms with Gasteiger partial charge in [0.15, 0.2) is 0 Å². The zero-order valence-electron chi connectivity index (χ0n) is 6.53. The van der Waals surface area contributed by atoms with Crippen LogP contribution in [0.25, 0.3) is 0 Å². The Kier molecular flexibility index (Phi) is 2.53. The lowest BCUT2D eigenvalue weighted by molar-refractivity contribution is 0.142. The van der Waals surface area contributed by atoms with Crippen LogP contribution in [-0.4, -0.2) is 40.0 Å². The summed E-state index contributed by atoms with van der Waals surface area (Å²) < 4.78 is 28.1. The third kappa shape index (κ3) is 3.05. The van der Waals surface area contributed by atoms with Crippen LogP contribution in [0.3, 0.4) is 0 Å². The van der Waals surface area contributed by atoms with Gasteiger partial charge in [0.2, 0.25) is 10.0 Å². The van der Waals surface area contributed by atoms with E-state index in [0.717, 1.165) is 6.26 Å². The summed E-state index contributed by atoms with van der Waals surface area (Å²) in [5.74, 6) is 0. The van der Waals surface area contributed by atoms with E-state index in [1.54, 1.807) is 0 Å². The summed E-state index contributed by atoms with van der Waals surface area (Å²) >= 11 is 0. The third-order valence-electron chi connectivity index (χ3n) is 1.32. The second-order valence-electron chi connectivity index (χ2n) is 2.53. The molecule has 0 aliphatic carbocycles. The lowest BCUT2D eigenvalue weighted by atomic mass is 10.4. The smallest absolute Gasteiger partial charge is 0.407 e. The number of cyclic esters (lactones) is 1. The molecule has 1 atom stereocenters. The van der Waals surface area contributed by atoms with E-state index in [1.807, 2.05) is 0 Å². The van der Waals surface area contributed by atoms with Crippen LogP contribution in [0, 0.1) is 0 Å². The second kappa shape index (κ2) is 3.28. The minimum Gasteiger partial charge on any atom is -0.443 e. The van der Waals surface area contributed by atoms with E-state index >= 15 is 0 Å². The van der Waals surface area contributed by atoms with Crippen molar-refractivity contribution in [2.45, 2.75) is 6.10 Å². The molecule has 0 aromatic heterocycles. The van der Waals surface area contributed by atoms with Crippen molar-refractivity contribution in [1.29, 1.82) is 0 Å². The van der Waals surface area contributed by atoms with Gasteiger partial charge in [0, 0.05) is 7.97 Å². The van der Waals surface area contributed by atoms with Gasteiger partial charge in [0.1, 0.15) is 6.10 Å². The van der Waals surface area contributed by atoms with Crippen LogP contribution >= 0.6 is 0 Å². The highest BCUT2D eigenvalue weighted by Crippen LogP contribution is 1.97. The molecule has 0 radical (unpaired) electrons. The molecule has 12 heavy (non-hydrogen) atoms. The normalized spacial score (nSPS) is 23.4. The Labute approximate surface area is 71.8 Å². The largest absolute Gasteiger partial charge is 0.443 e. The Morgan fingerprint density at radius 1 is 1.83 bits per heavy atom. The van der Waals surface area contributed by atoms with Crippen molar-refractivity contribution in [3.8, 4) is 0 Å². The quantitative estimate of drug-likeness (QED) is 0.599. The number of carbonyl (C=O) groups is 1. The number of carbonyl (C=O) groups excluding carboxylic acids is 1. The van der Waals surface area contributed by atoms with Crippen LogP contribution in [0.2, 0.25) is 0 Å². The van der Waals surface area contributed by atoms with Gasteiger partial charge < -0.3 is 10.1 Å². The van der Waals surface area contributed by atoms with Gasteiger partial charge in [-0.2, -0.15) is 0 Å². The number of amides is 1. The van der Waals surface area contributed by atoms with Crippen molar-refractivity contribution in [3.63, 3.8) is 0 Å². The summed E-state index contributed by atoms with van der Waals surface area (Å²) in [6, 6.07) is 0. The Hall–Kier alpha value is -0.820. The Bertz CT molecular complexity index is 278. The standard InChI is InChI=1S/C5H10N2O4S.H2/c1-12(9,10)7-3-4-2-6-5(8)11-4;/h4,7H,2-3H2,1H3,(H,6,8);1H/t4-;/m1./s1. The van der Waals surface area contributed by atoms with Gasteiger partial charge >= 0.3 is 6.09 Å². The van der Waals surface area contributed by atoms with E-state index in [9.17, 15) is 13.2 Å².